The molecule has 0 amide bonds. The fourth-order valence-corrected chi connectivity index (χ4v) is 1.13. The summed E-state index contributed by atoms with van der Waals surface area (Å²) in [5.41, 5.74) is 1.26. The average molecular weight is 237 g/mol. The molecular weight excluding hydrogens is 228 g/mol. The van der Waals surface area contributed by atoms with E-state index < -0.39 is 0 Å². The van der Waals surface area contributed by atoms with Crippen molar-refractivity contribution in [3.63, 3.8) is 0 Å². The van der Waals surface area contributed by atoms with Crippen LogP contribution in [0, 0.1) is 10.8 Å². The molecule has 2 N–H and O–H groups in total. The Labute approximate surface area is 85.4 Å². The molecule has 0 unspecified atom stereocenters. The normalized spacial score (nSPS) is 10.2. The van der Waals surface area contributed by atoms with Crippen LogP contribution < -0.4 is 0 Å². The Kier molecular flexibility index (Phi) is 3.58. The zero-order chi connectivity index (χ0) is 9.68. The average Bonchev–Trinajstić information content (AvgIpc) is 2.15. The van der Waals surface area contributed by atoms with Gasteiger partial charge in [-0.2, -0.15) is 0 Å². The first-order valence-electron chi connectivity index (χ1n) is 3.75. The first-order chi connectivity index (χ1) is 6.24. The van der Waals surface area contributed by atoms with Gasteiger partial charge < -0.3 is 10.8 Å². The highest BCUT2D eigenvalue weighted by Gasteiger charge is 1.95. The lowest BCUT2D eigenvalue weighted by molar-refractivity contribution is 1.49. The second-order valence-electron chi connectivity index (χ2n) is 2.45. The summed E-state index contributed by atoms with van der Waals surface area (Å²) in [5.74, 6) is 0. The molecule has 0 bridgehead atoms. The van der Waals surface area contributed by atoms with Crippen LogP contribution in [-0.2, 0) is 0 Å². The minimum absolute atomic E-state index is 0.413. The van der Waals surface area contributed by atoms with Crippen LogP contribution in [-0.4, -0.2) is 11.9 Å². The molecule has 0 spiro atoms. The van der Waals surface area contributed by atoms with Crippen LogP contribution in [0.2, 0.25) is 0 Å². The van der Waals surface area contributed by atoms with Crippen molar-refractivity contribution in [2.45, 2.75) is 0 Å². The Morgan fingerprint density at radius 2 is 1.85 bits per heavy atom. The Bertz CT molecular complexity index is 338. The molecule has 0 saturated heterocycles. The fourth-order valence-electron chi connectivity index (χ4n) is 0.870. The number of hydrogen-bond acceptors (Lipinski definition) is 2. The molecule has 2 nitrogen and oxygen atoms in total. The fraction of sp³-hybridized carbons (Fsp3) is 0. The van der Waals surface area contributed by atoms with Crippen molar-refractivity contribution < 1.29 is 0 Å². The molecular formula is C10H9BrN2. The number of rotatable bonds is 3. The number of hydrogen-bond donors (Lipinski definition) is 2. The molecule has 1 aromatic carbocycles. The monoisotopic (exact) mass is 236 g/mol. The van der Waals surface area contributed by atoms with Gasteiger partial charge in [0.15, 0.2) is 0 Å². The first kappa shape index (κ1) is 9.86. The van der Waals surface area contributed by atoms with Gasteiger partial charge in [-0.05, 0) is 29.8 Å². The van der Waals surface area contributed by atoms with Crippen LogP contribution in [0.15, 0.2) is 40.9 Å². The highest BCUT2D eigenvalue weighted by molar-refractivity contribution is 9.10. The zero-order valence-corrected chi connectivity index (χ0v) is 8.51. The Hall–Kier alpha value is -1.22. The lowest BCUT2D eigenvalue weighted by Gasteiger charge is -1.97. The van der Waals surface area contributed by atoms with Crippen LogP contribution in [0.5, 0.6) is 0 Å². The van der Waals surface area contributed by atoms with Crippen molar-refractivity contribution in [3.05, 3.63) is 46.5 Å². The summed E-state index contributed by atoms with van der Waals surface area (Å²) in [6.45, 7) is 0. The highest BCUT2D eigenvalue weighted by Crippen LogP contribution is 2.10. The minimum atomic E-state index is 0.413. The van der Waals surface area contributed by atoms with E-state index in [4.69, 9.17) is 10.8 Å². The van der Waals surface area contributed by atoms with E-state index in [2.05, 4.69) is 15.9 Å². The number of nitrogens with one attached hydrogen (secondary N) is 2. The smallest absolute Gasteiger partial charge is 0.0612 e. The molecule has 0 atom stereocenters. The van der Waals surface area contributed by atoms with E-state index in [9.17, 15) is 0 Å². The number of benzene rings is 1. The van der Waals surface area contributed by atoms with E-state index >= 15 is 0 Å². The third-order valence-corrected chi connectivity index (χ3v) is 2.04. The molecule has 1 rings (SSSR count). The summed E-state index contributed by atoms with van der Waals surface area (Å²) in [6, 6.07) is 7.51. The second kappa shape index (κ2) is 4.72. The van der Waals surface area contributed by atoms with Crippen molar-refractivity contribution in [2.75, 3.05) is 0 Å². The van der Waals surface area contributed by atoms with E-state index in [1.54, 1.807) is 6.08 Å². The van der Waals surface area contributed by atoms with Crippen LogP contribution in [0.3, 0.4) is 0 Å². The lowest BCUT2D eigenvalue weighted by Crippen LogP contribution is -1.93. The second-order valence-corrected chi connectivity index (χ2v) is 3.36. The SMILES string of the molecule is N=C/C=C\C(=N)c1ccc(Br)cc1. The van der Waals surface area contributed by atoms with Crippen molar-refractivity contribution in [3.8, 4) is 0 Å². The summed E-state index contributed by atoms with van der Waals surface area (Å²) in [6.07, 6.45) is 4.29. The van der Waals surface area contributed by atoms with Gasteiger partial charge in [-0.1, -0.05) is 28.1 Å². The Morgan fingerprint density at radius 3 is 2.38 bits per heavy atom. The van der Waals surface area contributed by atoms with E-state index in [1.165, 1.54) is 6.08 Å². The van der Waals surface area contributed by atoms with Gasteiger partial charge in [-0.3, -0.25) is 0 Å². The third-order valence-electron chi connectivity index (χ3n) is 1.51. The van der Waals surface area contributed by atoms with Gasteiger partial charge in [0.25, 0.3) is 0 Å². The van der Waals surface area contributed by atoms with E-state index in [0.29, 0.717) is 5.71 Å². The molecule has 66 valence electrons. The van der Waals surface area contributed by atoms with E-state index in [0.717, 1.165) is 16.3 Å². The molecule has 0 aliphatic carbocycles. The minimum Gasteiger partial charge on any atom is -0.309 e. The molecule has 0 radical (unpaired) electrons. The molecule has 0 saturated carbocycles. The first-order valence-corrected chi connectivity index (χ1v) is 4.55. The molecule has 3 heteroatoms. The van der Waals surface area contributed by atoms with Crippen LogP contribution in [0.4, 0.5) is 0 Å². The zero-order valence-electron chi connectivity index (χ0n) is 6.92. The Morgan fingerprint density at radius 1 is 1.23 bits per heavy atom. The number of allylic oxidation sites excluding steroid dienone is 2. The largest absolute Gasteiger partial charge is 0.309 e. The molecule has 1 aromatic rings. The molecule has 0 aliphatic heterocycles. The molecule has 0 fully saturated rings. The summed E-state index contributed by atoms with van der Waals surface area (Å²) in [4.78, 5) is 0. The molecule has 13 heavy (non-hydrogen) atoms. The van der Waals surface area contributed by atoms with Crippen LogP contribution in [0.1, 0.15) is 5.56 Å². The molecule has 0 aromatic heterocycles. The quantitative estimate of drug-likeness (QED) is 0.759. The molecule has 0 aliphatic rings. The maximum atomic E-state index is 7.60. The van der Waals surface area contributed by atoms with Gasteiger partial charge in [0.05, 0.1) is 5.71 Å². The van der Waals surface area contributed by atoms with Gasteiger partial charge >= 0.3 is 0 Å². The highest BCUT2D eigenvalue weighted by atomic mass is 79.9. The maximum absolute atomic E-state index is 7.60. The van der Waals surface area contributed by atoms with Gasteiger partial charge in [-0.25, -0.2) is 0 Å². The van der Waals surface area contributed by atoms with Crippen molar-refractivity contribution in [2.24, 2.45) is 0 Å². The van der Waals surface area contributed by atoms with Crippen molar-refractivity contribution in [1.82, 2.24) is 0 Å². The predicted octanol–water partition coefficient (Wildman–Crippen LogP) is 3.02. The maximum Gasteiger partial charge on any atom is 0.0612 e. The van der Waals surface area contributed by atoms with Crippen LogP contribution >= 0.6 is 15.9 Å². The standard InChI is InChI=1S/C10H9BrN2/c11-9-5-3-8(4-6-9)10(13)2-1-7-12/h1-7,12-13H/b2-1-,12-7?,13-10?. The molecule has 0 heterocycles. The lowest BCUT2D eigenvalue weighted by atomic mass is 10.1. The van der Waals surface area contributed by atoms with Crippen molar-refractivity contribution >= 4 is 27.9 Å². The Balaban J connectivity index is 2.83. The summed E-state index contributed by atoms with van der Waals surface area (Å²) in [7, 11) is 0. The summed E-state index contributed by atoms with van der Waals surface area (Å²) in [5, 5.41) is 14.4. The summed E-state index contributed by atoms with van der Waals surface area (Å²) >= 11 is 3.32. The van der Waals surface area contributed by atoms with Gasteiger partial charge in [0.1, 0.15) is 0 Å². The predicted molar refractivity (Wildman–Crippen MR) is 58.9 cm³/mol. The van der Waals surface area contributed by atoms with Gasteiger partial charge in [-0.15, -0.1) is 0 Å². The topological polar surface area (TPSA) is 47.7 Å². The summed E-state index contributed by atoms with van der Waals surface area (Å²) < 4.78 is 1.00. The van der Waals surface area contributed by atoms with Gasteiger partial charge in [0, 0.05) is 10.7 Å². The van der Waals surface area contributed by atoms with E-state index in [-0.39, 0.29) is 0 Å². The van der Waals surface area contributed by atoms with Gasteiger partial charge in [0.2, 0.25) is 0 Å². The third kappa shape index (κ3) is 2.95. The van der Waals surface area contributed by atoms with E-state index in [1.807, 2.05) is 24.3 Å². The van der Waals surface area contributed by atoms with Crippen molar-refractivity contribution in [1.29, 1.82) is 10.8 Å². The van der Waals surface area contributed by atoms with Crippen LogP contribution in [0.25, 0.3) is 0 Å². The number of halogens is 1.